The molecule has 0 aliphatic carbocycles. The average Bonchev–Trinajstić information content (AvgIpc) is 3.43. The van der Waals surface area contributed by atoms with E-state index >= 15 is 0 Å². The molecule has 0 radical (unpaired) electrons. The molecule has 3 unspecified atom stereocenters. The molecule has 0 fully saturated rings. The second-order valence-electron chi connectivity index (χ2n) is 22.4. The summed E-state index contributed by atoms with van der Waals surface area (Å²) in [6.45, 7) is 4.65. The van der Waals surface area contributed by atoms with Gasteiger partial charge in [0, 0.05) is 6.42 Å². The lowest BCUT2D eigenvalue weighted by Crippen LogP contribution is -2.45. The van der Waals surface area contributed by atoms with Gasteiger partial charge < -0.3 is 19.8 Å². The first kappa shape index (κ1) is 77.1. The topological polar surface area (TPSA) is 105 Å². The number of hydrogen-bond donors (Lipinski definition) is 3. The largest absolute Gasteiger partial charge is 0.472 e. The number of aliphatic hydroxyl groups is 1. The number of quaternary nitrogens is 1. The molecule has 1 amide bonds. The molecule has 460 valence electrons. The normalized spacial score (nSPS) is 14.8. The number of unbranched alkanes of at least 4 members (excludes halogenated alkanes) is 20. The highest BCUT2D eigenvalue weighted by molar-refractivity contribution is 7.47. The number of carbonyl (C=O) groups is 1. The van der Waals surface area contributed by atoms with Gasteiger partial charge in [-0.1, -0.05) is 268 Å². The van der Waals surface area contributed by atoms with E-state index in [-0.39, 0.29) is 19.1 Å². The third-order valence-electron chi connectivity index (χ3n) is 13.5. The monoisotopic (exact) mass is 1140 g/mol. The SMILES string of the molecule is CC/C=C\C/C=C\C/C=C\C/C=C\C/C=C\C/C=C\C/C=C\C/C=C\C/C=C\C/C=C\CCCCCCCCCCC(=O)NC(COP(=O)(O)OCC[N+](C)(C)C)C(O)/C=C/CC/C=C/CC/C=C/CCCCCCCCCCCC. The Hall–Kier alpha value is -3.88. The van der Waals surface area contributed by atoms with E-state index in [2.05, 4.69) is 165 Å². The van der Waals surface area contributed by atoms with Crippen molar-refractivity contribution in [3.05, 3.63) is 158 Å². The van der Waals surface area contributed by atoms with Gasteiger partial charge in [-0.25, -0.2) is 4.57 Å². The van der Waals surface area contributed by atoms with Gasteiger partial charge in [-0.3, -0.25) is 13.8 Å². The molecule has 0 aromatic carbocycles. The predicted octanol–water partition coefficient (Wildman–Crippen LogP) is 20.6. The Balaban J connectivity index is 4.22. The van der Waals surface area contributed by atoms with Crippen molar-refractivity contribution in [1.29, 1.82) is 0 Å². The van der Waals surface area contributed by atoms with Crippen LogP contribution in [0.4, 0.5) is 0 Å². The number of likely N-dealkylation sites (N-methyl/N-ethyl adjacent to an activating group) is 1. The van der Waals surface area contributed by atoms with E-state index in [0.29, 0.717) is 17.4 Å². The minimum Gasteiger partial charge on any atom is -0.387 e. The molecular weight excluding hydrogens is 1020 g/mol. The maximum Gasteiger partial charge on any atom is 0.472 e. The fourth-order valence-electron chi connectivity index (χ4n) is 8.45. The smallest absolute Gasteiger partial charge is 0.387 e. The molecular formula is C72H122N2O6P+. The summed E-state index contributed by atoms with van der Waals surface area (Å²) in [5, 5.41) is 13.9. The quantitative estimate of drug-likeness (QED) is 0.0243. The molecule has 0 saturated carbocycles. The van der Waals surface area contributed by atoms with Gasteiger partial charge in [0.2, 0.25) is 5.91 Å². The lowest BCUT2D eigenvalue weighted by Gasteiger charge is -2.25. The van der Waals surface area contributed by atoms with E-state index in [9.17, 15) is 19.4 Å². The van der Waals surface area contributed by atoms with Crippen LogP contribution in [0.25, 0.3) is 0 Å². The van der Waals surface area contributed by atoms with E-state index < -0.39 is 20.0 Å². The molecule has 81 heavy (non-hydrogen) atoms. The van der Waals surface area contributed by atoms with E-state index in [0.717, 1.165) is 122 Å². The summed E-state index contributed by atoms with van der Waals surface area (Å²) < 4.78 is 23.7. The summed E-state index contributed by atoms with van der Waals surface area (Å²) in [5.41, 5.74) is 0. The van der Waals surface area contributed by atoms with Crippen LogP contribution in [0.3, 0.4) is 0 Å². The lowest BCUT2D eigenvalue weighted by atomic mass is 10.1. The van der Waals surface area contributed by atoms with E-state index in [1.165, 1.54) is 96.3 Å². The Labute approximate surface area is 499 Å². The Bertz CT molecular complexity index is 1870. The minimum absolute atomic E-state index is 0.0438. The first-order valence-electron chi connectivity index (χ1n) is 32.4. The van der Waals surface area contributed by atoms with Crippen molar-refractivity contribution in [2.45, 2.75) is 251 Å². The van der Waals surface area contributed by atoms with Crippen molar-refractivity contribution < 1.29 is 32.9 Å². The van der Waals surface area contributed by atoms with Gasteiger partial charge in [0.15, 0.2) is 0 Å². The zero-order chi connectivity index (χ0) is 59.1. The Morgan fingerprint density at radius 2 is 0.753 bits per heavy atom. The molecule has 9 heteroatoms. The van der Waals surface area contributed by atoms with Crippen LogP contribution in [0.5, 0.6) is 0 Å². The van der Waals surface area contributed by atoms with Crippen molar-refractivity contribution in [2.24, 2.45) is 0 Å². The van der Waals surface area contributed by atoms with Crippen molar-refractivity contribution in [3.8, 4) is 0 Å². The molecule has 8 nitrogen and oxygen atoms in total. The summed E-state index contributed by atoms with van der Waals surface area (Å²) in [5.74, 6) is -0.206. The predicted molar refractivity (Wildman–Crippen MR) is 354 cm³/mol. The molecule has 0 heterocycles. The van der Waals surface area contributed by atoms with E-state index in [4.69, 9.17) is 9.05 Å². The molecule has 0 rings (SSSR count). The summed E-state index contributed by atoms with van der Waals surface area (Å²) in [6.07, 6.45) is 95.1. The molecule has 0 aliphatic heterocycles. The number of allylic oxidation sites excluding steroid dienone is 25. The van der Waals surface area contributed by atoms with Gasteiger partial charge in [0.1, 0.15) is 13.2 Å². The molecule has 0 aliphatic rings. The number of amides is 1. The number of phosphoric ester groups is 1. The zero-order valence-corrected chi connectivity index (χ0v) is 53.4. The van der Waals surface area contributed by atoms with Crippen molar-refractivity contribution in [2.75, 3.05) is 40.9 Å². The summed E-state index contributed by atoms with van der Waals surface area (Å²) in [6, 6.07) is -0.887. The highest BCUT2D eigenvalue weighted by Gasteiger charge is 2.27. The average molecular weight is 1140 g/mol. The Morgan fingerprint density at radius 1 is 0.432 bits per heavy atom. The summed E-state index contributed by atoms with van der Waals surface area (Å²) in [7, 11) is 1.52. The maximum atomic E-state index is 13.0. The molecule has 3 atom stereocenters. The molecule has 0 bridgehead atoms. The van der Waals surface area contributed by atoms with Gasteiger partial charge in [-0.2, -0.15) is 0 Å². The van der Waals surface area contributed by atoms with Crippen LogP contribution in [0.15, 0.2) is 158 Å². The van der Waals surface area contributed by atoms with Gasteiger partial charge >= 0.3 is 7.82 Å². The van der Waals surface area contributed by atoms with Gasteiger partial charge in [-0.05, 0) is 122 Å². The molecule has 3 N–H and O–H groups in total. The molecule has 0 aromatic heterocycles. The second kappa shape index (κ2) is 60.7. The van der Waals surface area contributed by atoms with E-state index in [1.807, 2.05) is 27.2 Å². The third-order valence-corrected chi connectivity index (χ3v) is 14.4. The highest BCUT2D eigenvalue weighted by atomic mass is 31.2. The van der Waals surface area contributed by atoms with Crippen LogP contribution < -0.4 is 5.32 Å². The van der Waals surface area contributed by atoms with Gasteiger partial charge in [0.05, 0.1) is 39.9 Å². The number of hydrogen-bond acceptors (Lipinski definition) is 5. The first-order chi connectivity index (χ1) is 39.5. The number of nitrogens with zero attached hydrogens (tertiary/aromatic N) is 1. The summed E-state index contributed by atoms with van der Waals surface area (Å²) >= 11 is 0. The zero-order valence-electron chi connectivity index (χ0n) is 52.5. The number of phosphoric acid groups is 1. The highest BCUT2D eigenvalue weighted by Crippen LogP contribution is 2.43. The number of nitrogens with one attached hydrogen (secondary N) is 1. The first-order valence-corrected chi connectivity index (χ1v) is 33.9. The van der Waals surface area contributed by atoms with Gasteiger partial charge in [-0.15, -0.1) is 0 Å². The maximum absolute atomic E-state index is 13.0. The Morgan fingerprint density at radius 3 is 1.14 bits per heavy atom. The van der Waals surface area contributed by atoms with Crippen molar-refractivity contribution >= 4 is 13.7 Å². The number of carbonyl (C=O) groups excluding carboxylic acids is 1. The van der Waals surface area contributed by atoms with Crippen LogP contribution in [0.1, 0.15) is 239 Å². The number of aliphatic hydroxyl groups excluding tert-OH is 1. The van der Waals surface area contributed by atoms with E-state index in [1.54, 1.807) is 6.08 Å². The fourth-order valence-corrected chi connectivity index (χ4v) is 9.19. The number of rotatable bonds is 57. The van der Waals surface area contributed by atoms with Crippen LogP contribution in [0.2, 0.25) is 0 Å². The Kier molecular flexibility index (Phi) is 57.8. The van der Waals surface area contributed by atoms with Crippen LogP contribution >= 0.6 is 7.82 Å². The molecule has 0 spiro atoms. The summed E-state index contributed by atoms with van der Waals surface area (Å²) in [4.78, 5) is 23.4. The standard InChI is InChI=1S/C72H121N2O6P/c1-6-8-10-12-14-16-18-20-22-24-26-28-29-30-31-32-33-34-35-36-37-38-39-40-41-42-43-44-45-46-48-50-52-54-56-58-60-62-64-66-72(76)73-70(69-80-81(77,78)79-68-67-74(3,4)5)71(75)65-63-61-59-57-55-53-51-49-47-27-25-23-21-19-17-15-13-11-9-7-2/h8,10,14,16,20,22,26,28,30-31,33-34,36-37,39-40,42-43,45-47,49,55,57,63,65,70-71,75H,6-7,9,11-13,15,17-19,21,23-25,27,29,32,35,38,41,44,48,50-54,56,58-62,64,66-69H2,1-5H3,(H-,73,76,77,78)/p+1/b10-8-,16-14-,22-20-,28-26-,31-30-,34-33-,37-36-,40-39-,43-42-,46-45-,49-47+,57-55+,65-63+. The second-order valence-corrected chi connectivity index (χ2v) is 23.8. The minimum atomic E-state index is -4.38. The van der Waals surface area contributed by atoms with Gasteiger partial charge in [0.25, 0.3) is 0 Å². The third kappa shape index (κ3) is 63.5. The lowest BCUT2D eigenvalue weighted by molar-refractivity contribution is -0.870. The van der Waals surface area contributed by atoms with Crippen molar-refractivity contribution in [3.63, 3.8) is 0 Å². The molecule has 0 aromatic rings. The van der Waals surface area contributed by atoms with Crippen molar-refractivity contribution in [1.82, 2.24) is 5.32 Å². The molecule has 0 saturated heterocycles. The van der Waals surface area contributed by atoms with Crippen LogP contribution in [-0.4, -0.2) is 73.4 Å². The fraction of sp³-hybridized carbons (Fsp3) is 0.625. The van der Waals surface area contributed by atoms with Crippen LogP contribution in [0, 0.1) is 0 Å². The van der Waals surface area contributed by atoms with Crippen LogP contribution in [-0.2, 0) is 18.4 Å².